The van der Waals surface area contributed by atoms with Crippen LogP contribution in [0.1, 0.15) is 42.3 Å². The molecule has 0 aliphatic carbocycles. The number of carbonyl (C=O) groups excluding carboxylic acids is 1. The van der Waals surface area contributed by atoms with E-state index >= 15 is 0 Å². The van der Waals surface area contributed by atoms with Crippen LogP contribution in [0.15, 0.2) is 12.1 Å². The molecule has 0 aliphatic rings. The van der Waals surface area contributed by atoms with Crippen LogP contribution in [0.5, 0.6) is 5.75 Å². The van der Waals surface area contributed by atoms with Crippen LogP contribution in [-0.4, -0.2) is 16.8 Å². The lowest BCUT2D eigenvalue weighted by molar-refractivity contribution is 0.101. The van der Waals surface area contributed by atoms with Crippen molar-refractivity contribution in [2.45, 2.75) is 32.7 Å². The number of rotatable bonds is 3. The van der Waals surface area contributed by atoms with Crippen molar-refractivity contribution in [3.8, 4) is 5.75 Å². The van der Waals surface area contributed by atoms with Gasteiger partial charge >= 0.3 is 0 Å². The Hall–Kier alpha value is -0.770. The summed E-state index contributed by atoms with van der Waals surface area (Å²) in [4.78, 5) is 11.6. The second-order valence-corrected chi connectivity index (χ2v) is 5.31. The fourth-order valence-corrected chi connectivity index (χ4v) is 1.71. The molecule has 1 aromatic rings. The van der Waals surface area contributed by atoms with Gasteiger partial charge in [0.15, 0.2) is 5.78 Å². The molecule has 102 valence electrons. The molecule has 0 atom stereocenters. The Balaban J connectivity index is 0.00000289. The summed E-state index contributed by atoms with van der Waals surface area (Å²) in [5.74, 6) is -0.485. The number of alkyl halides is 1. The minimum Gasteiger partial charge on any atom is -0.507 e. The number of nitrogens with two attached hydrogens (primary N) is 1. The molecule has 0 aromatic heterocycles. The molecular weight excluding hydrogens is 273 g/mol. The fraction of sp³-hybridized carbons (Fsp3) is 0.462. The van der Waals surface area contributed by atoms with Gasteiger partial charge in [-0.15, -0.1) is 24.0 Å². The van der Waals surface area contributed by atoms with E-state index in [-0.39, 0.29) is 47.3 Å². The van der Waals surface area contributed by atoms with Crippen molar-refractivity contribution in [1.82, 2.24) is 0 Å². The standard InChI is InChI=1S/C13H18ClNO2.ClH/c1-13(2,3)9-4-8(7-15)12(17)10(5-9)11(16)6-14;/h4-5,17H,6-7,15H2,1-3H3;1H. The Morgan fingerprint density at radius 2 is 1.94 bits per heavy atom. The number of ketones is 1. The molecule has 0 saturated carbocycles. The molecule has 0 bridgehead atoms. The highest BCUT2D eigenvalue weighted by Crippen LogP contribution is 2.31. The third-order valence-electron chi connectivity index (χ3n) is 2.70. The van der Waals surface area contributed by atoms with Crippen LogP contribution in [0.4, 0.5) is 0 Å². The first-order valence-electron chi connectivity index (χ1n) is 5.47. The van der Waals surface area contributed by atoms with Crippen molar-refractivity contribution in [2.75, 3.05) is 5.88 Å². The van der Waals surface area contributed by atoms with Gasteiger partial charge in [-0.3, -0.25) is 4.79 Å². The second-order valence-electron chi connectivity index (χ2n) is 5.04. The van der Waals surface area contributed by atoms with Gasteiger partial charge in [-0.2, -0.15) is 0 Å². The van der Waals surface area contributed by atoms with Crippen LogP contribution in [-0.2, 0) is 12.0 Å². The van der Waals surface area contributed by atoms with Gasteiger partial charge in [0.05, 0.1) is 11.4 Å². The van der Waals surface area contributed by atoms with Crippen molar-refractivity contribution in [3.63, 3.8) is 0 Å². The van der Waals surface area contributed by atoms with Crippen LogP contribution in [0.3, 0.4) is 0 Å². The van der Waals surface area contributed by atoms with Crippen LogP contribution < -0.4 is 5.73 Å². The number of halogens is 2. The van der Waals surface area contributed by atoms with E-state index in [2.05, 4.69) is 0 Å². The van der Waals surface area contributed by atoms with Crippen molar-refractivity contribution in [2.24, 2.45) is 5.73 Å². The molecular formula is C13H19Cl2NO2. The molecule has 0 amide bonds. The van der Waals surface area contributed by atoms with Crippen molar-refractivity contribution in [3.05, 3.63) is 28.8 Å². The minimum absolute atomic E-state index is 0. The molecule has 3 N–H and O–H groups in total. The fourth-order valence-electron chi connectivity index (χ4n) is 1.57. The van der Waals surface area contributed by atoms with Crippen molar-refractivity contribution in [1.29, 1.82) is 0 Å². The molecule has 0 fully saturated rings. The van der Waals surface area contributed by atoms with Crippen LogP contribution in [0.25, 0.3) is 0 Å². The number of phenolic OH excluding ortho intramolecular Hbond substituents is 1. The first-order chi connectivity index (χ1) is 7.81. The van der Waals surface area contributed by atoms with E-state index in [1.54, 1.807) is 6.07 Å². The third-order valence-corrected chi connectivity index (χ3v) is 2.94. The quantitative estimate of drug-likeness (QED) is 0.665. The highest BCUT2D eigenvalue weighted by atomic mass is 35.5. The molecule has 18 heavy (non-hydrogen) atoms. The van der Waals surface area contributed by atoms with Gasteiger partial charge in [-0.1, -0.05) is 26.8 Å². The van der Waals surface area contributed by atoms with E-state index < -0.39 is 0 Å². The zero-order chi connectivity index (χ0) is 13.2. The number of benzene rings is 1. The highest BCUT2D eigenvalue weighted by molar-refractivity contribution is 6.30. The minimum atomic E-state index is -0.287. The van der Waals surface area contributed by atoms with E-state index in [0.29, 0.717) is 5.56 Å². The van der Waals surface area contributed by atoms with Crippen molar-refractivity contribution >= 4 is 29.8 Å². The van der Waals surface area contributed by atoms with Gasteiger partial charge in [0.1, 0.15) is 5.75 Å². The van der Waals surface area contributed by atoms with Crippen LogP contribution in [0.2, 0.25) is 0 Å². The topological polar surface area (TPSA) is 63.3 Å². The first kappa shape index (κ1) is 17.2. The SMILES string of the molecule is CC(C)(C)c1cc(CN)c(O)c(C(=O)CCl)c1.Cl. The molecule has 0 aliphatic heterocycles. The number of carbonyl (C=O) groups is 1. The Morgan fingerprint density at radius 3 is 2.33 bits per heavy atom. The molecule has 0 radical (unpaired) electrons. The number of hydrogen-bond acceptors (Lipinski definition) is 3. The largest absolute Gasteiger partial charge is 0.507 e. The van der Waals surface area contributed by atoms with E-state index in [1.165, 1.54) is 0 Å². The molecule has 3 nitrogen and oxygen atoms in total. The summed E-state index contributed by atoms with van der Waals surface area (Å²) < 4.78 is 0. The lowest BCUT2D eigenvalue weighted by Crippen LogP contribution is -2.15. The normalized spacial score (nSPS) is 10.9. The highest BCUT2D eigenvalue weighted by Gasteiger charge is 2.20. The Kier molecular flexibility index (Phi) is 6.14. The molecule has 0 saturated heterocycles. The maximum atomic E-state index is 11.6. The summed E-state index contributed by atoms with van der Waals surface area (Å²) in [6.45, 7) is 6.30. The van der Waals surface area contributed by atoms with E-state index in [4.69, 9.17) is 17.3 Å². The average molecular weight is 292 g/mol. The number of aromatic hydroxyl groups is 1. The molecule has 0 unspecified atom stereocenters. The maximum Gasteiger partial charge on any atom is 0.181 e. The predicted molar refractivity (Wildman–Crippen MR) is 77.0 cm³/mol. The number of phenols is 1. The summed E-state index contributed by atoms with van der Waals surface area (Å²) in [5.41, 5.74) is 7.25. The Morgan fingerprint density at radius 1 is 1.39 bits per heavy atom. The summed E-state index contributed by atoms with van der Waals surface area (Å²) in [7, 11) is 0. The maximum absolute atomic E-state index is 11.6. The van der Waals surface area contributed by atoms with Gasteiger partial charge in [-0.05, 0) is 17.0 Å². The van der Waals surface area contributed by atoms with Gasteiger partial charge in [0.2, 0.25) is 0 Å². The lowest BCUT2D eigenvalue weighted by atomic mass is 9.84. The molecule has 0 spiro atoms. The zero-order valence-corrected chi connectivity index (χ0v) is 12.4. The van der Waals surface area contributed by atoms with Gasteiger partial charge in [0, 0.05) is 12.1 Å². The predicted octanol–water partition coefficient (Wildman–Crippen LogP) is 2.99. The van der Waals surface area contributed by atoms with E-state index in [0.717, 1.165) is 5.56 Å². The summed E-state index contributed by atoms with van der Waals surface area (Å²) in [6, 6.07) is 3.53. The van der Waals surface area contributed by atoms with Crippen molar-refractivity contribution < 1.29 is 9.90 Å². The Bertz CT molecular complexity index is 439. The van der Waals surface area contributed by atoms with Gasteiger partial charge in [-0.25, -0.2) is 0 Å². The van der Waals surface area contributed by atoms with Gasteiger partial charge in [0.25, 0.3) is 0 Å². The summed E-state index contributed by atoms with van der Waals surface area (Å²) in [5, 5.41) is 9.92. The second kappa shape index (κ2) is 6.41. The lowest BCUT2D eigenvalue weighted by Gasteiger charge is -2.21. The molecule has 0 heterocycles. The molecule has 1 rings (SSSR count). The number of Topliss-reactive ketones (excluding diaryl/α,β-unsaturated/α-hetero) is 1. The van der Waals surface area contributed by atoms with Crippen LogP contribution in [0, 0.1) is 0 Å². The molecule has 5 heteroatoms. The zero-order valence-electron chi connectivity index (χ0n) is 10.8. The Labute approximate surface area is 119 Å². The third kappa shape index (κ3) is 3.61. The summed E-state index contributed by atoms with van der Waals surface area (Å²) in [6.07, 6.45) is 0. The summed E-state index contributed by atoms with van der Waals surface area (Å²) >= 11 is 5.53. The van der Waals surface area contributed by atoms with E-state index in [9.17, 15) is 9.90 Å². The smallest absolute Gasteiger partial charge is 0.181 e. The first-order valence-corrected chi connectivity index (χ1v) is 6.00. The molecule has 1 aromatic carbocycles. The van der Waals surface area contributed by atoms with Gasteiger partial charge < -0.3 is 10.8 Å². The average Bonchev–Trinajstić information content (AvgIpc) is 2.26. The van der Waals surface area contributed by atoms with Crippen LogP contribution >= 0.6 is 24.0 Å². The van der Waals surface area contributed by atoms with E-state index in [1.807, 2.05) is 26.8 Å². The monoisotopic (exact) mass is 291 g/mol. The number of hydrogen-bond donors (Lipinski definition) is 2.